The van der Waals surface area contributed by atoms with E-state index < -0.39 is 26.1 Å². The minimum Gasteiger partial charge on any atom is -0.454 e. The molecule has 0 saturated carbocycles. The van der Waals surface area contributed by atoms with Gasteiger partial charge in [-0.2, -0.15) is 8.42 Å². The molecule has 1 aliphatic rings. The quantitative estimate of drug-likeness (QED) is 0.730. The Bertz CT molecular complexity index is 993. The second kappa shape index (κ2) is 6.32. The van der Waals surface area contributed by atoms with Gasteiger partial charge in [0, 0.05) is 6.07 Å². The molecular formula is C16H16O7S2. The van der Waals surface area contributed by atoms with Crippen molar-refractivity contribution >= 4 is 20.0 Å². The summed E-state index contributed by atoms with van der Waals surface area (Å²) in [5.41, 5.74) is 0.551. The number of fused-ring (bicyclic) bond motifs is 1. The predicted molar refractivity (Wildman–Crippen MR) is 88.8 cm³/mol. The van der Waals surface area contributed by atoms with Crippen LogP contribution in [0.5, 0.6) is 11.5 Å². The Morgan fingerprint density at radius 1 is 0.920 bits per heavy atom. The molecule has 2 aromatic carbocycles. The average molecular weight is 384 g/mol. The highest BCUT2D eigenvalue weighted by atomic mass is 32.2. The van der Waals surface area contributed by atoms with Crippen LogP contribution in [-0.4, -0.2) is 29.9 Å². The number of ether oxygens (including phenoxy) is 2. The van der Waals surface area contributed by atoms with Crippen molar-refractivity contribution in [1.29, 1.82) is 0 Å². The Kier molecular flexibility index (Phi) is 4.48. The topological polar surface area (TPSA) is 96.0 Å². The first-order chi connectivity index (χ1) is 11.7. The molecule has 2 aromatic rings. The summed E-state index contributed by atoms with van der Waals surface area (Å²) in [5, 5.41) is 0. The highest BCUT2D eigenvalue weighted by Gasteiger charge is 2.22. The summed E-state index contributed by atoms with van der Waals surface area (Å²) in [7, 11) is -7.34. The van der Waals surface area contributed by atoms with E-state index in [2.05, 4.69) is 0 Å². The zero-order valence-corrected chi connectivity index (χ0v) is 15.1. The van der Waals surface area contributed by atoms with Crippen LogP contribution in [0.2, 0.25) is 0 Å². The van der Waals surface area contributed by atoms with Gasteiger partial charge in [-0.05, 0) is 36.8 Å². The van der Waals surface area contributed by atoms with E-state index >= 15 is 0 Å². The van der Waals surface area contributed by atoms with Gasteiger partial charge in [-0.3, -0.25) is 4.18 Å². The Hall–Kier alpha value is -2.10. The lowest BCUT2D eigenvalue weighted by molar-refractivity contribution is 0.174. The molecule has 25 heavy (non-hydrogen) atoms. The van der Waals surface area contributed by atoms with Crippen molar-refractivity contribution in [3.63, 3.8) is 0 Å². The summed E-state index contributed by atoms with van der Waals surface area (Å²) >= 11 is 0. The first-order valence-electron chi connectivity index (χ1n) is 7.30. The van der Waals surface area contributed by atoms with Crippen molar-refractivity contribution in [3.05, 3.63) is 48.0 Å². The van der Waals surface area contributed by atoms with E-state index in [4.69, 9.17) is 13.7 Å². The summed E-state index contributed by atoms with van der Waals surface area (Å²) in [5.74, 6) is 0.883. The zero-order chi connectivity index (χ0) is 18.2. The maximum absolute atomic E-state index is 12.7. The van der Waals surface area contributed by atoms with Crippen molar-refractivity contribution in [2.75, 3.05) is 13.0 Å². The predicted octanol–water partition coefficient (Wildman–Crippen LogP) is 2.29. The van der Waals surface area contributed by atoms with Gasteiger partial charge in [0.1, 0.15) is 0 Å². The van der Waals surface area contributed by atoms with Gasteiger partial charge < -0.3 is 9.47 Å². The number of rotatable bonds is 5. The maximum Gasteiger partial charge on any atom is 0.264 e. The minimum atomic E-state index is -3.73. The van der Waals surface area contributed by atoms with Crippen LogP contribution in [0.3, 0.4) is 0 Å². The Morgan fingerprint density at radius 2 is 1.52 bits per heavy atom. The number of benzene rings is 2. The molecule has 0 unspecified atom stereocenters. The second-order valence-electron chi connectivity index (χ2n) is 5.53. The molecule has 0 radical (unpaired) electrons. The van der Waals surface area contributed by atoms with E-state index in [0.717, 1.165) is 6.26 Å². The van der Waals surface area contributed by atoms with Gasteiger partial charge in [-0.1, -0.05) is 12.1 Å². The molecule has 0 aromatic heterocycles. The van der Waals surface area contributed by atoms with Gasteiger partial charge in [-0.15, -0.1) is 0 Å². The third-order valence-corrected chi connectivity index (χ3v) is 6.04. The SMILES string of the molecule is C[C@@H](OS(C)(=O)=O)c1ccc(S(=O)(=O)c2ccc3c(c2)OCO3)cc1. The van der Waals surface area contributed by atoms with Crippen LogP contribution in [0, 0.1) is 0 Å². The van der Waals surface area contributed by atoms with Crippen LogP contribution >= 0.6 is 0 Å². The van der Waals surface area contributed by atoms with Crippen molar-refractivity contribution in [2.24, 2.45) is 0 Å². The molecule has 9 heteroatoms. The van der Waals surface area contributed by atoms with Crippen LogP contribution in [0.25, 0.3) is 0 Å². The molecular weight excluding hydrogens is 368 g/mol. The molecule has 1 aliphatic heterocycles. The van der Waals surface area contributed by atoms with Gasteiger partial charge in [0.25, 0.3) is 10.1 Å². The van der Waals surface area contributed by atoms with E-state index in [1.54, 1.807) is 13.0 Å². The van der Waals surface area contributed by atoms with Crippen LogP contribution in [-0.2, 0) is 24.1 Å². The molecule has 3 rings (SSSR count). The lowest BCUT2D eigenvalue weighted by Crippen LogP contribution is -2.08. The summed E-state index contributed by atoms with van der Waals surface area (Å²) in [6.45, 7) is 1.63. The van der Waals surface area contributed by atoms with Crippen LogP contribution in [0.15, 0.2) is 52.3 Å². The van der Waals surface area contributed by atoms with E-state index in [1.807, 2.05) is 0 Å². The fraction of sp³-hybridized carbons (Fsp3) is 0.250. The Morgan fingerprint density at radius 3 is 2.16 bits per heavy atom. The smallest absolute Gasteiger partial charge is 0.264 e. The van der Waals surface area contributed by atoms with E-state index in [-0.39, 0.29) is 16.6 Å². The van der Waals surface area contributed by atoms with Gasteiger partial charge in [0.15, 0.2) is 11.5 Å². The van der Waals surface area contributed by atoms with Gasteiger partial charge in [-0.25, -0.2) is 8.42 Å². The fourth-order valence-electron chi connectivity index (χ4n) is 2.42. The average Bonchev–Trinajstić information content (AvgIpc) is 3.01. The van der Waals surface area contributed by atoms with Gasteiger partial charge >= 0.3 is 0 Å². The number of sulfone groups is 1. The lowest BCUT2D eigenvalue weighted by atomic mass is 10.1. The fourth-order valence-corrected chi connectivity index (χ4v) is 4.33. The molecule has 0 spiro atoms. The minimum absolute atomic E-state index is 0.0613. The summed E-state index contributed by atoms with van der Waals surface area (Å²) in [6, 6.07) is 10.3. The largest absolute Gasteiger partial charge is 0.454 e. The van der Waals surface area contributed by atoms with E-state index in [1.165, 1.54) is 36.4 Å². The molecule has 1 atom stereocenters. The van der Waals surface area contributed by atoms with Crippen molar-refractivity contribution in [2.45, 2.75) is 22.8 Å². The molecule has 0 bridgehead atoms. The lowest BCUT2D eigenvalue weighted by Gasteiger charge is -2.12. The normalized spacial score (nSPS) is 15.1. The molecule has 0 N–H and O–H groups in total. The first-order valence-corrected chi connectivity index (χ1v) is 10.6. The Balaban J connectivity index is 1.88. The summed E-state index contributed by atoms with van der Waals surface area (Å²) in [4.78, 5) is 0.173. The third kappa shape index (κ3) is 3.78. The molecule has 1 heterocycles. The summed E-state index contributed by atoms with van der Waals surface area (Å²) in [6.07, 6.45) is 0.249. The molecule has 0 fully saturated rings. The molecule has 134 valence electrons. The molecule has 0 saturated heterocycles. The molecule has 7 nitrogen and oxygen atoms in total. The Labute approximate surface area is 146 Å². The van der Waals surface area contributed by atoms with E-state index in [0.29, 0.717) is 17.1 Å². The highest BCUT2D eigenvalue weighted by molar-refractivity contribution is 7.91. The second-order valence-corrected chi connectivity index (χ2v) is 9.08. The maximum atomic E-state index is 12.7. The molecule has 0 aliphatic carbocycles. The third-order valence-electron chi connectivity index (χ3n) is 3.63. The number of hydrogen-bond acceptors (Lipinski definition) is 7. The monoisotopic (exact) mass is 384 g/mol. The zero-order valence-electron chi connectivity index (χ0n) is 13.5. The van der Waals surface area contributed by atoms with Crippen LogP contribution in [0.4, 0.5) is 0 Å². The van der Waals surface area contributed by atoms with Crippen molar-refractivity contribution in [3.8, 4) is 11.5 Å². The van der Waals surface area contributed by atoms with Gasteiger partial charge in [0.2, 0.25) is 16.6 Å². The first kappa shape index (κ1) is 17.7. The summed E-state index contributed by atoms with van der Waals surface area (Å²) < 4.78 is 63.1. The van der Waals surface area contributed by atoms with Gasteiger partial charge in [0.05, 0.1) is 22.2 Å². The van der Waals surface area contributed by atoms with Crippen molar-refractivity contribution < 1.29 is 30.5 Å². The highest BCUT2D eigenvalue weighted by Crippen LogP contribution is 2.35. The number of hydrogen-bond donors (Lipinski definition) is 0. The van der Waals surface area contributed by atoms with Crippen LogP contribution in [0.1, 0.15) is 18.6 Å². The standard InChI is InChI=1S/C16H16O7S2/c1-11(23-24(2,17)18)12-3-5-13(6-4-12)25(19,20)14-7-8-15-16(9-14)22-10-21-15/h3-9,11H,10H2,1-2H3/t11-/m1/s1. The van der Waals surface area contributed by atoms with Crippen LogP contribution < -0.4 is 9.47 Å². The van der Waals surface area contributed by atoms with E-state index in [9.17, 15) is 16.8 Å². The molecule has 0 amide bonds. The van der Waals surface area contributed by atoms with Crippen molar-refractivity contribution in [1.82, 2.24) is 0 Å².